The minimum atomic E-state index is -0.896. The maximum atomic E-state index is 13.9. The van der Waals surface area contributed by atoms with E-state index in [1.54, 1.807) is 7.05 Å². The molecule has 1 nitrogen and oxygen atoms in total. The van der Waals surface area contributed by atoms with Crippen molar-refractivity contribution in [2.24, 2.45) is 0 Å². The number of halogens is 3. The molecule has 0 heterocycles. The van der Waals surface area contributed by atoms with Crippen LogP contribution in [0.15, 0.2) is 36.4 Å². The van der Waals surface area contributed by atoms with Gasteiger partial charge in [-0.25, -0.2) is 13.2 Å². The Morgan fingerprint density at radius 2 is 1.75 bits per heavy atom. The Labute approximate surface area is 115 Å². The third-order valence-electron chi connectivity index (χ3n) is 3.96. The van der Waals surface area contributed by atoms with Gasteiger partial charge in [0.1, 0.15) is 17.5 Å². The van der Waals surface area contributed by atoms with Gasteiger partial charge < -0.3 is 5.32 Å². The van der Waals surface area contributed by atoms with E-state index in [-0.39, 0.29) is 11.5 Å². The molecule has 104 valence electrons. The van der Waals surface area contributed by atoms with Crippen molar-refractivity contribution in [3.05, 3.63) is 70.5 Å². The zero-order valence-electron chi connectivity index (χ0n) is 11.0. The lowest BCUT2D eigenvalue weighted by Crippen LogP contribution is -2.32. The van der Waals surface area contributed by atoms with E-state index in [4.69, 9.17) is 0 Å². The van der Waals surface area contributed by atoms with Gasteiger partial charge >= 0.3 is 0 Å². The first-order valence-electron chi connectivity index (χ1n) is 6.51. The Morgan fingerprint density at radius 1 is 1.10 bits per heavy atom. The molecule has 3 rings (SSSR count). The highest BCUT2D eigenvalue weighted by Gasteiger charge is 2.35. The van der Waals surface area contributed by atoms with E-state index in [0.29, 0.717) is 0 Å². The first-order valence-corrected chi connectivity index (χ1v) is 6.51. The van der Waals surface area contributed by atoms with Crippen LogP contribution in [-0.4, -0.2) is 7.05 Å². The normalized spacial score (nSPS) is 18.3. The highest BCUT2D eigenvalue weighted by Crippen LogP contribution is 2.44. The third kappa shape index (κ3) is 2.00. The van der Waals surface area contributed by atoms with Gasteiger partial charge in [0.2, 0.25) is 0 Å². The van der Waals surface area contributed by atoms with Gasteiger partial charge in [0.15, 0.2) is 0 Å². The molecule has 2 aromatic rings. The van der Waals surface area contributed by atoms with E-state index >= 15 is 0 Å². The number of fused-ring (bicyclic) bond motifs is 1. The molecule has 1 N–H and O–H groups in total. The first kappa shape index (κ1) is 13.2. The Hall–Kier alpha value is -1.81. The van der Waals surface area contributed by atoms with Gasteiger partial charge in [-0.1, -0.05) is 24.3 Å². The quantitative estimate of drug-likeness (QED) is 0.902. The molecule has 0 aromatic heterocycles. The maximum absolute atomic E-state index is 13.9. The molecule has 0 amide bonds. The average molecular weight is 277 g/mol. The van der Waals surface area contributed by atoms with Crippen molar-refractivity contribution in [1.82, 2.24) is 5.32 Å². The second-order valence-electron chi connectivity index (χ2n) is 5.06. The monoisotopic (exact) mass is 277 g/mol. The molecule has 0 saturated heterocycles. The molecule has 0 saturated carbocycles. The highest BCUT2D eigenvalue weighted by molar-refractivity contribution is 5.43. The fourth-order valence-corrected chi connectivity index (χ4v) is 2.99. The fourth-order valence-electron chi connectivity index (χ4n) is 2.99. The van der Waals surface area contributed by atoms with Gasteiger partial charge in [-0.2, -0.15) is 0 Å². The second-order valence-corrected chi connectivity index (χ2v) is 5.06. The van der Waals surface area contributed by atoms with Crippen LogP contribution < -0.4 is 5.32 Å². The second kappa shape index (κ2) is 4.94. The van der Waals surface area contributed by atoms with Crippen molar-refractivity contribution in [2.75, 3.05) is 7.05 Å². The number of hydrogen-bond donors (Lipinski definition) is 1. The largest absolute Gasteiger partial charge is 0.312 e. The minimum absolute atomic E-state index is 0.00524. The van der Waals surface area contributed by atoms with Crippen molar-refractivity contribution in [3.63, 3.8) is 0 Å². The van der Waals surface area contributed by atoms with E-state index in [1.165, 1.54) is 5.56 Å². The Bertz CT molecular complexity index is 631. The predicted molar refractivity (Wildman–Crippen MR) is 71.0 cm³/mol. The molecule has 0 radical (unpaired) electrons. The van der Waals surface area contributed by atoms with Crippen molar-refractivity contribution in [3.8, 4) is 0 Å². The van der Waals surface area contributed by atoms with E-state index in [0.717, 1.165) is 24.1 Å². The lowest BCUT2D eigenvalue weighted by Gasteiger charge is -2.37. The summed E-state index contributed by atoms with van der Waals surface area (Å²) in [5, 5.41) is 2.96. The lowest BCUT2D eigenvalue weighted by molar-refractivity contribution is 0.400. The van der Waals surface area contributed by atoms with Crippen molar-refractivity contribution >= 4 is 0 Å². The van der Waals surface area contributed by atoms with Gasteiger partial charge in [0.05, 0.1) is 0 Å². The summed E-state index contributed by atoms with van der Waals surface area (Å²) in [7, 11) is 1.66. The fraction of sp³-hybridized carbons (Fsp3) is 0.250. The molecule has 2 atom stereocenters. The van der Waals surface area contributed by atoms with Crippen LogP contribution in [-0.2, 0) is 6.42 Å². The third-order valence-corrected chi connectivity index (χ3v) is 3.96. The zero-order valence-corrected chi connectivity index (χ0v) is 11.0. The maximum Gasteiger partial charge on any atom is 0.133 e. The van der Waals surface area contributed by atoms with Crippen LogP contribution in [0, 0.1) is 17.5 Å². The molecule has 0 fully saturated rings. The summed E-state index contributed by atoms with van der Waals surface area (Å²) < 4.78 is 40.9. The SMILES string of the molecule is CNC(c1c(F)cc(F)cc1F)C1Cc2ccccc21. The Morgan fingerprint density at radius 3 is 2.35 bits per heavy atom. The molecule has 0 spiro atoms. The van der Waals surface area contributed by atoms with Crippen LogP contribution in [0.2, 0.25) is 0 Å². The van der Waals surface area contributed by atoms with Crippen LogP contribution in [0.1, 0.15) is 28.7 Å². The molecule has 2 aromatic carbocycles. The molecular weight excluding hydrogens is 263 g/mol. The summed E-state index contributed by atoms with van der Waals surface area (Å²) in [5.74, 6) is -2.57. The Kier molecular flexibility index (Phi) is 3.26. The number of benzene rings is 2. The smallest absolute Gasteiger partial charge is 0.133 e. The topological polar surface area (TPSA) is 12.0 Å². The number of rotatable bonds is 3. The number of likely N-dealkylation sites (N-methyl/N-ethyl adjacent to an activating group) is 1. The average Bonchev–Trinajstić information content (AvgIpc) is 2.37. The summed E-state index contributed by atoms with van der Waals surface area (Å²) in [6, 6.07) is 8.80. The Balaban J connectivity index is 2.01. The van der Waals surface area contributed by atoms with Crippen molar-refractivity contribution in [2.45, 2.75) is 18.4 Å². The molecule has 4 heteroatoms. The lowest BCUT2D eigenvalue weighted by atomic mass is 9.71. The van der Waals surface area contributed by atoms with Crippen LogP contribution in [0.4, 0.5) is 13.2 Å². The van der Waals surface area contributed by atoms with E-state index in [1.807, 2.05) is 24.3 Å². The molecular formula is C16H14F3N. The molecule has 0 aliphatic heterocycles. The summed E-state index contributed by atoms with van der Waals surface area (Å²) >= 11 is 0. The van der Waals surface area contributed by atoms with E-state index in [9.17, 15) is 13.2 Å². The minimum Gasteiger partial charge on any atom is -0.312 e. The van der Waals surface area contributed by atoms with Crippen LogP contribution in [0.3, 0.4) is 0 Å². The summed E-state index contributed by atoms with van der Waals surface area (Å²) in [4.78, 5) is 0. The number of nitrogens with one attached hydrogen (secondary N) is 1. The van der Waals surface area contributed by atoms with Crippen LogP contribution in [0.25, 0.3) is 0 Å². The predicted octanol–water partition coefficient (Wildman–Crippen LogP) is 3.70. The van der Waals surface area contributed by atoms with Gasteiger partial charge in [0.25, 0.3) is 0 Å². The zero-order chi connectivity index (χ0) is 14.3. The van der Waals surface area contributed by atoms with Gasteiger partial charge in [-0.3, -0.25) is 0 Å². The molecule has 2 unspecified atom stereocenters. The van der Waals surface area contributed by atoms with Crippen LogP contribution in [0.5, 0.6) is 0 Å². The van der Waals surface area contributed by atoms with E-state index in [2.05, 4.69) is 5.32 Å². The first-order chi connectivity index (χ1) is 9.61. The standard InChI is InChI=1S/C16H14F3N/c1-20-16(12-6-9-4-2-3-5-11(9)12)15-13(18)7-10(17)8-14(15)19/h2-5,7-8,12,16,20H,6H2,1H3. The van der Waals surface area contributed by atoms with E-state index < -0.39 is 23.5 Å². The summed E-state index contributed by atoms with van der Waals surface area (Å²) in [6.45, 7) is 0. The van der Waals surface area contributed by atoms with Crippen molar-refractivity contribution < 1.29 is 13.2 Å². The molecule has 20 heavy (non-hydrogen) atoms. The molecule has 1 aliphatic rings. The van der Waals surface area contributed by atoms with Gasteiger partial charge in [0, 0.05) is 29.7 Å². The van der Waals surface area contributed by atoms with Gasteiger partial charge in [-0.15, -0.1) is 0 Å². The molecule has 1 aliphatic carbocycles. The van der Waals surface area contributed by atoms with Gasteiger partial charge in [-0.05, 0) is 24.6 Å². The summed E-state index contributed by atoms with van der Waals surface area (Å²) in [6.07, 6.45) is 0.762. The van der Waals surface area contributed by atoms with Crippen molar-refractivity contribution in [1.29, 1.82) is 0 Å². The summed E-state index contributed by atoms with van der Waals surface area (Å²) in [5.41, 5.74) is 2.20. The van der Waals surface area contributed by atoms with Crippen LogP contribution >= 0.6 is 0 Å². The molecule has 0 bridgehead atoms. The highest BCUT2D eigenvalue weighted by atomic mass is 19.1. The number of hydrogen-bond acceptors (Lipinski definition) is 1.